The molecular weight excluding hydrogens is 372 g/mol. The predicted octanol–water partition coefficient (Wildman–Crippen LogP) is 5.24. The van der Waals surface area contributed by atoms with Crippen molar-refractivity contribution in [1.29, 1.82) is 0 Å². The molecule has 0 radical (unpaired) electrons. The van der Waals surface area contributed by atoms with Crippen LogP contribution in [0.15, 0.2) is 36.7 Å². The predicted molar refractivity (Wildman–Crippen MR) is 130 cm³/mol. The largest absolute Gasteiger partial charge is 0.383 e. The second kappa shape index (κ2) is 14.2. The first-order chi connectivity index (χ1) is 14.4. The van der Waals surface area contributed by atoms with Crippen LogP contribution in [0.5, 0.6) is 0 Å². The summed E-state index contributed by atoms with van der Waals surface area (Å²) >= 11 is 0. The number of hydrogen-bond donors (Lipinski definition) is 0. The summed E-state index contributed by atoms with van der Waals surface area (Å²) in [4.78, 5) is 4.86. The van der Waals surface area contributed by atoms with Crippen LogP contribution in [0.4, 0.5) is 5.69 Å². The van der Waals surface area contributed by atoms with E-state index in [-0.39, 0.29) is 0 Å². The zero-order chi connectivity index (χ0) is 22.5. The molecule has 0 bridgehead atoms. The fourth-order valence-corrected chi connectivity index (χ4v) is 3.12. The van der Waals surface area contributed by atoms with Crippen molar-refractivity contribution in [3.05, 3.63) is 47.8 Å². The summed E-state index contributed by atoms with van der Waals surface area (Å²) in [6, 6.07) is 9.05. The molecule has 1 aromatic carbocycles. The van der Waals surface area contributed by atoms with Crippen molar-refractivity contribution in [1.82, 2.24) is 14.7 Å². The van der Waals surface area contributed by atoms with E-state index in [2.05, 4.69) is 80.1 Å². The van der Waals surface area contributed by atoms with E-state index in [4.69, 9.17) is 4.74 Å². The van der Waals surface area contributed by atoms with Crippen molar-refractivity contribution in [2.24, 2.45) is 0 Å². The third-order valence-electron chi connectivity index (χ3n) is 5.27. The first-order valence-corrected chi connectivity index (χ1v) is 11.5. The highest BCUT2D eigenvalue weighted by Gasteiger charge is 2.14. The van der Waals surface area contributed by atoms with Crippen molar-refractivity contribution in [3.63, 3.8) is 0 Å². The Labute approximate surface area is 185 Å². The Bertz CT molecular complexity index is 671. The number of aromatic nitrogens is 2. The fraction of sp³-hybridized carbons (Fsp3) is 0.640. The number of benzene rings is 1. The van der Waals surface area contributed by atoms with Crippen LogP contribution in [0.3, 0.4) is 0 Å². The third-order valence-corrected chi connectivity index (χ3v) is 5.27. The molecule has 5 nitrogen and oxygen atoms in total. The van der Waals surface area contributed by atoms with Crippen molar-refractivity contribution in [2.45, 2.75) is 59.9 Å². The molecule has 30 heavy (non-hydrogen) atoms. The molecule has 170 valence electrons. The monoisotopic (exact) mass is 416 g/mol. The number of piperazine rings is 1. The summed E-state index contributed by atoms with van der Waals surface area (Å²) in [5.74, 6) is 1.18. The van der Waals surface area contributed by atoms with Crippen molar-refractivity contribution >= 4 is 5.69 Å². The fourth-order valence-electron chi connectivity index (χ4n) is 3.12. The lowest BCUT2D eigenvalue weighted by Crippen LogP contribution is -2.44. The minimum Gasteiger partial charge on any atom is -0.383 e. The van der Waals surface area contributed by atoms with Gasteiger partial charge in [-0.3, -0.25) is 4.68 Å². The third kappa shape index (κ3) is 8.88. The maximum Gasteiger partial charge on any atom is 0.0658 e. The molecule has 1 aromatic heterocycles. The molecule has 0 atom stereocenters. The Morgan fingerprint density at radius 2 is 1.47 bits per heavy atom. The number of ether oxygens (including phenoxy) is 1. The SMILES string of the molecule is CC.CC(C)c1ccc(N2CCN(C)CC2)cc1.COCCn1cc(C(C)C)cn1. The normalized spacial score (nSPS) is 14.3. The van der Waals surface area contributed by atoms with Crippen LogP contribution in [0.25, 0.3) is 0 Å². The van der Waals surface area contributed by atoms with Crippen LogP contribution >= 0.6 is 0 Å². The van der Waals surface area contributed by atoms with Gasteiger partial charge < -0.3 is 14.5 Å². The maximum atomic E-state index is 4.95. The topological polar surface area (TPSA) is 33.5 Å². The van der Waals surface area contributed by atoms with Crippen LogP contribution < -0.4 is 4.90 Å². The molecule has 0 aliphatic carbocycles. The van der Waals surface area contributed by atoms with Gasteiger partial charge in [-0.05, 0) is 42.1 Å². The van der Waals surface area contributed by atoms with E-state index in [0.717, 1.165) is 26.2 Å². The number of hydrogen-bond acceptors (Lipinski definition) is 4. The summed E-state index contributed by atoms with van der Waals surface area (Å²) in [6.45, 7) is 19.0. The Morgan fingerprint density at radius 3 is 1.93 bits per heavy atom. The number of nitrogens with zero attached hydrogens (tertiary/aromatic N) is 4. The second-order valence-electron chi connectivity index (χ2n) is 8.22. The van der Waals surface area contributed by atoms with Gasteiger partial charge in [0, 0.05) is 45.2 Å². The first-order valence-electron chi connectivity index (χ1n) is 11.5. The van der Waals surface area contributed by atoms with Gasteiger partial charge in [-0.2, -0.15) is 5.10 Å². The lowest BCUT2D eigenvalue weighted by atomic mass is 10.0. The van der Waals surface area contributed by atoms with Crippen LogP contribution in [0, 0.1) is 0 Å². The van der Waals surface area contributed by atoms with Gasteiger partial charge in [0.05, 0.1) is 19.3 Å². The number of likely N-dealkylation sites (N-methyl/N-ethyl adjacent to an activating group) is 1. The van der Waals surface area contributed by atoms with E-state index in [1.54, 1.807) is 7.11 Å². The molecule has 0 spiro atoms. The molecule has 5 heteroatoms. The molecule has 2 aromatic rings. The molecule has 2 heterocycles. The summed E-state index contributed by atoms with van der Waals surface area (Å²) < 4.78 is 6.87. The van der Waals surface area contributed by atoms with Gasteiger partial charge in [0.15, 0.2) is 0 Å². The Morgan fingerprint density at radius 1 is 0.900 bits per heavy atom. The maximum absolute atomic E-state index is 4.95. The minimum atomic E-state index is 0.557. The molecular formula is C25H44N4O. The lowest BCUT2D eigenvalue weighted by Gasteiger charge is -2.34. The number of rotatable bonds is 6. The molecule has 0 N–H and O–H groups in total. The number of anilines is 1. The molecule has 1 fully saturated rings. The van der Waals surface area contributed by atoms with Gasteiger partial charge >= 0.3 is 0 Å². The van der Waals surface area contributed by atoms with Crippen LogP contribution in [-0.4, -0.2) is 61.6 Å². The standard InChI is InChI=1S/C14H22N2.C9H16N2O.C2H6/c1-12(2)13-4-6-14(7-5-13)16-10-8-15(3)9-11-16;1-8(2)9-6-10-11(7-9)4-5-12-3;1-2/h4-7,12H,8-11H2,1-3H3;6-8H,4-5H2,1-3H3;1-2H3. The average Bonchev–Trinajstić information content (AvgIpc) is 3.24. The Hall–Kier alpha value is -1.85. The van der Waals surface area contributed by atoms with Crippen LogP contribution in [0.1, 0.15) is 64.5 Å². The minimum absolute atomic E-state index is 0.557. The summed E-state index contributed by atoms with van der Waals surface area (Å²) in [7, 11) is 3.89. The average molecular weight is 417 g/mol. The van der Waals surface area contributed by atoms with Gasteiger partial charge in [0.1, 0.15) is 0 Å². The van der Waals surface area contributed by atoms with E-state index in [1.807, 2.05) is 24.7 Å². The Balaban J connectivity index is 0.000000287. The lowest BCUT2D eigenvalue weighted by molar-refractivity contribution is 0.183. The van der Waals surface area contributed by atoms with Crippen LogP contribution in [0.2, 0.25) is 0 Å². The molecule has 1 saturated heterocycles. The van der Waals surface area contributed by atoms with Crippen molar-refractivity contribution in [2.75, 3.05) is 51.8 Å². The zero-order valence-electron chi connectivity index (χ0n) is 20.6. The molecule has 1 aliphatic heterocycles. The Kier molecular flexibility index (Phi) is 12.4. The smallest absolute Gasteiger partial charge is 0.0658 e. The van der Waals surface area contributed by atoms with E-state index >= 15 is 0 Å². The molecule has 0 amide bonds. The van der Waals surface area contributed by atoms with Crippen LogP contribution in [-0.2, 0) is 11.3 Å². The highest BCUT2D eigenvalue weighted by molar-refractivity contribution is 5.48. The molecule has 0 unspecified atom stereocenters. The first kappa shape index (κ1) is 26.2. The molecule has 1 aliphatic rings. The summed E-state index contributed by atoms with van der Waals surface area (Å²) in [5, 5.41) is 4.21. The van der Waals surface area contributed by atoms with Gasteiger partial charge in [-0.15, -0.1) is 0 Å². The van der Waals surface area contributed by atoms with E-state index < -0.39 is 0 Å². The summed E-state index contributed by atoms with van der Waals surface area (Å²) in [5.41, 5.74) is 4.08. The number of methoxy groups -OCH3 is 1. The van der Waals surface area contributed by atoms with Gasteiger partial charge in [-0.1, -0.05) is 53.7 Å². The highest BCUT2D eigenvalue weighted by Crippen LogP contribution is 2.20. The quantitative estimate of drug-likeness (QED) is 0.645. The zero-order valence-corrected chi connectivity index (χ0v) is 20.6. The van der Waals surface area contributed by atoms with Gasteiger partial charge in [0.2, 0.25) is 0 Å². The van der Waals surface area contributed by atoms with E-state index in [1.165, 1.54) is 29.9 Å². The van der Waals surface area contributed by atoms with Gasteiger partial charge in [-0.25, -0.2) is 0 Å². The van der Waals surface area contributed by atoms with E-state index in [9.17, 15) is 0 Å². The van der Waals surface area contributed by atoms with Crippen molar-refractivity contribution < 1.29 is 4.74 Å². The second-order valence-corrected chi connectivity index (χ2v) is 8.22. The molecule has 3 rings (SSSR count). The highest BCUT2D eigenvalue weighted by atomic mass is 16.5. The van der Waals surface area contributed by atoms with E-state index in [0.29, 0.717) is 11.8 Å². The van der Waals surface area contributed by atoms with Gasteiger partial charge in [0.25, 0.3) is 0 Å². The summed E-state index contributed by atoms with van der Waals surface area (Å²) in [6.07, 6.45) is 3.99. The molecule has 0 saturated carbocycles. The van der Waals surface area contributed by atoms with Crippen molar-refractivity contribution in [3.8, 4) is 0 Å².